The zero-order valence-electron chi connectivity index (χ0n) is 13.6. The molecule has 2 rings (SSSR count). The number of rotatable bonds is 8. The molecule has 1 amide bonds. The Bertz CT molecular complexity index is 560. The molecule has 1 aliphatic heterocycles. The average Bonchev–Trinajstić information content (AvgIpc) is 2.56. The zero-order valence-corrected chi connectivity index (χ0v) is 13.6. The van der Waals surface area contributed by atoms with Gasteiger partial charge in [0, 0.05) is 18.7 Å². The SMILES string of the molecule is CCC(NC(=O)CCCCc1ccc2c(n1)NCCC2)C(=O)O. The maximum atomic E-state index is 11.7. The van der Waals surface area contributed by atoms with Gasteiger partial charge in [-0.2, -0.15) is 0 Å². The summed E-state index contributed by atoms with van der Waals surface area (Å²) in [4.78, 5) is 27.2. The third-order valence-electron chi connectivity index (χ3n) is 4.08. The number of nitrogens with one attached hydrogen (secondary N) is 2. The van der Waals surface area contributed by atoms with E-state index in [1.165, 1.54) is 5.56 Å². The molecule has 0 aromatic carbocycles. The van der Waals surface area contributed by atoms with E-state index in [0.29, 0.717) is 12.8 Å². The Morgan fingerprint density at radius 2 is 2.22 bits per heavy atom. The van der Waals surface area contributed by atoms with E-state index in [9.17, 15) is 9.59 Å². The summed E-state index contributed by atoms with van der Waals surface area (Å²) in [5.74, 6) is -0.176. The van der Waals surface area contributed by atoms with E-state index in [2.05, 4.69) is 27.8 Å². The van der Waals surface area contributed by atoms with Crippen molar-refractivity contribution in [2.24, 2.45) is 0 Å². The third-order valence-corrected chi connectivity index (χ3v) is 4.08. The van der Waals surface area contributed by atoms with E-state index in [0.717, 1.165) is 50.2 Å². The van der Waals surface area contributed by atoms with Crippen molar-refractivity contribution in [3.05, 3.63) is 23.4 Å². The fourth-order valence-electron chi connectivity index (χ4n) is 2.70. The maximum absolute atomic E-state index is 11.7. The number of unbranched alkanes of at least 4 members (excludes halogenated alkanes) is 1. The van der Waals surface area contributed by atoms with Crippen molar-refractivity contribution in [3.63, 3.8) is 0 Å². The highest BCUT2D eigenvalue weighted by atomic mass is 16.4. The summed E-state index contributed by atoms with van der Waals surface area (Å²) >= 11 is 0. The Morgan fingerprint density at radius 1 is 1.39 bits per heavy atom. The third kappa shape index (κ3) is 5.23. The van der Waals surface area contributed by atoms with Crippen LogP contribution in [0.15, 0.2) is 12.1 Å². The van der Waals surface area contributed by atoms with E-state index in [1.54, 1.807) is 6.92 Å². The first kappa shape index (κ1) is 17.2. The predicted octanol–water partition coefficient (Wildman–Crippen LogP) is 2.13. The highest BCUT2D eigenvalue weighted by molar-refractivity contribution is 5.83. The van der Waals surface area contributed by atoms with Gasteiger partial charge in [-0.3, -0.25) is 4.79 Å². The smallest absolute Gasteiger partial charge is 0.326 e. The minimum absolute atomic E-state index is 0.195. The van der Waals surface area contributed by atoms with Gasteiger partial charge in [0.05, 0.1) is 0 Å². The van der Waals surface area contributed by atoms with Crippen LogP contribution in [0.5, 0.6) is 0 Å². The molecule has 0 saturated heterocycles. The number of aryl methyl sites for hydroxylation is 2. The molecule has 1 atom stereocenters. The van der Waals surface area contributed by atoms with E-state index in [4.69, 9.17) is 5.11 Å². The van der Waals surface area contributed by atoms with Gasteiger partial charge < -0.3 is 15.7 Å². The van der Waals surface area contributed by atoms with Crippen LogP contribution in [-0.2, 0) is 22.4 Å². The fourth-order valence-corrected chi connectivity index (χ4v) is 2.70. The largest absolute Gasteiger partial charge is 0.480 e. The minimum Gasteiger partial charge on any atom is -0.480 e. The van der Waals surface area contributed by atoms with E-state index in [-0.39, 0.29) is 5.91 Å². The molecule has 1 aromatic heterocycles. The zero-order chi connectivity index (χ0) is 16.7. The lowest BCUT2D eigenvalue weighted by atomic mass is 10.1. The molecule has 23 heavy (non-hydrogen) atoms. The van der Waals surface area contributed by atoms with Crippen LogP contribution >= 0.6 is 0 Å². The van der Waals surface area contributed by atoms with Gasteiger partial charge >= 0.3 is 5.97 Å². The van der Waals surface area contributed by atoms with Crippen molar-refractivity contribution in [2.45, 2.75) is 57.9 Å². The summed E-state index contributed by atoms with van der Waals surface area (Å²) in [6.45, 7) is 2.72. The Labute approximate surface area is 136 Å². The number of nitrogens with zero attached hydrogens (tertiary/aromatic N) is 1. The molecule has 1 aliphatic rings. The Balaban J connectivity index is 1.71. The number of carboxylic acid groups (broad SMARTS) is 1. The van der Waals surface area contributed by atoms with Gasteiger partial charge in [-0.1, -0.05) is 13.0 Å². The first-order valence-electron chi connectivity index (χ1n) is 8.35. The van der Waals surface area contributed by atoms with Gasteiger partial charge in [0.15, 0.2) is 0 Å². The van der Waals surface area contributed by atoms with E-state index < -0.39 is 12.0 Å². The fraction of sp³-hybridized carbons (Fsp3) is 0.588. The quantitative estimate of drug-likeness (QED) is 0.639. The van der Waals surface area contributed by atoms with Crippen LogP contribution in [0.4, 0.5) is 5.82 Å². The van der Waals surface area contributed by atoms with Gasteiger partial charge in [-0.15, -0.1) is 0 Å². The molecule has 1 aromatic rings. The number of aliphatic carboxylic acids is 1. The molecule has 0 bridgehead atoms. The van der Waals surface area contributed by atoms with Crippen molar-refractivity contribution in [3.8, 4) is 0 Å². The number of amides is 1. The molecule has 0 radical (unpaired) electrons. The molecule has 126 valence electrons. The number of carboxylic acids is 1. The van der Waals surface area contributed by atoms with Gasteiger partial charge in [0.2, 0.25) is 5.91 Å². The molecule has 0 saturated carbocycles. The Kier molecular flexibility index (Phi) is 6.38. The lowest BCUT2D eigenvalue weighted by Gasteiger charge is -2.17. The number of hydrogen-bond acceptors (Lipinski definition) is 4. The van der Waals surface area contributed by atoms with Crippen LogP contribution in [-0.4, -0.2) is 34.6 Å². The Morgan fingerprint density at radius 3 is 2.96 bits per heavy atom. The number of fused-ring (bicyclic) bond motifs is 1. The lowest BCUT2D eigenvalue weighted by Crippen LogP contribution is -2.40. The van der Waals surface area contributed by atoms with Crippen LogP contribution in [0.1, 0.15) is 50.3 Å². The Hall–Kier alpha value is -2.11. The van der Waals surface area contributed by atoms with Crippen molar-refractivity contribution in [1.29, 1.82) is 0 Å². The number of pyridine rings is 1. The lowest BCUT2D eigenvalue weighted by molar-refractivity contribution is -0.141. The summed E-state index contributed by atoms with van der Waals surface area (Å²) in [5.41, 5.74) is 2.31. The van der Waals surface area contributed by atoms with E-state index >= 15 is 0 Å². The maximum Gasteiger partial charge on any atom is 0.326 e. The molecule has 0 spiro atoms. The number of hydrogen-bond donors (Lipinski definition) is 3. The number of aromatic nitrogens is 1. The minimum atomic E-state index is -0.980. The summed E-state index contributed by atoms with van der Waals surface area (Å²) in [5, 5.41) is 14.8. The van der Waals surface area contributed by atoms with Gasteiger partial charge in [0.25, 0.3) is 0 Å². The van der Waals surface area contributed by atoms with Crippen molar-refractivity contribution in [1.82, 2.24) is 10.3 Å². The van der Waals surface area contributed by atoms with Crippen molar-refractivity contribution in [2.75, 3.05) is 11.9 Å². The molecule has 3 N–H and O–H groups in total. The van der Waals surface area contributed by atoms with Crippen LogP contribution in [0.2, 0.25) is 0 Å². The van der Waals surface area contributed by atoms with E-state index in [1.807, 2.05) is 0 Å². The monoisotopic (exact) mass is 319 g/mol. The number of anilines is 1. The second-order valence-corrected chi connectivity index (χ2v) is 5.91. The van der Waals surface area contributed by atoms with Crippen molar-refractivity contribution >= 4 is 17.7 Å². The van der Waals surface area contributed by atoms with Gasteiger partial charge in [0.1, 0.15) is 11.9 Å². The van der Waals surface area contributed by atoms with Gasteiger partial charge in [-0.25, -0.2) is 9.78 Å². The molecular formula is C17H25N3O3. The van der Waals surface area contributed by atoms with Gasteiger partial charge in [-0.05, 0) is 50.2 Å². The molecule has 2 heterocycles. The highest BCUT2D eigenvalue weighted by Crippen LogP contribution is 2.20. The highest BCUT2D eigenvalue weighted by Gasteiger charge is 2.17. The summed E-state index contributed by atoms with van der Waals surface area (Å²) in [6, 6.07) is 3.41. The average molecular weight is 319 g/mol. The standard InChI is InChI=1S/C17H25N3O3/c1-2-14(17(22)23)20-15(21)8-4-3-7-13-10-9-12-6-5-11-18-16(12)19-13/h9-10,14H,2-8,11H2,1H3,(H,18,19)(H,20,21)(H,22,23). The van der Waals surface area contributed by atoms with Crippen LogP contribution in [0.3, 0.4) is 0 Å². The number of carbonyl (C=O) groups is 2. The van der Waals surface area contributed by atoms with Crippen LogP contribution in [0, 0.1) is 0 Å². The van der Waals surface area contributed by atoms with Crippen LogP contribution < -0.4 is 10.6 Å². The normalized spacial score (nSPS) is 14.5. The molecular weight excluding hydrogens is 294 g/mol. The first-order chi connectivity index (χ1) is 11.1. The molecule has 6 heteroatoms. The molecule has 0 fully saturated rings. The summed E-state index contributed by atoms with van der Waals surface area (Å²) in [7, 11) is 0. The second kappa shape index (κ2) is 8.50. The predicted molar refractivity (Wildman–Crippen MR) is 88.5 cm³/mol. The number of carbonyl (C=O) groups excluding carboxylic acids is 1. The second-order valence-electron chi connectivity index (χ2n) is 5.91. The topological polar surface area (TPSA) is 91.3 Å². The molecule has 0 aliphatic carbocycles. The molecule has 6 nitrogen and oxygen atoms in total. The van der Waals surface area contributed by atoms with Crippen molar-refractivity contribution < 1.29 is 14.7 Å². The molecule has 1 unspecified atom stereocenters. The summed E-state index contributed by atoms with van der Waals surface area (Å²) in [6.07, 6.45) is 5.41. The first-order valence-corrected chi connectivity index (χ1v) is 8.35. The van der Waals surface area contributed by atoms with Crippen LogP contribution in [0.25, 0.3) is 0 Å². The summed E-state index contributed by atoms with van der Waals surface area (Å²) < 4.78 is 0.